The van der Waals surface area contributed by atoms with Crippen molar-refractivity contribution >= 4 is 34.6 Å². The van der Waals surface area contributed by atoms with E-state index in [9.17, 15) is 14.7 Å². The van der Waals surface area contributed by atoms with E-state index in [0.29, 0.717) is 12.4 Å². The van der Waals surface area contributed by atoms with Gasteiger partial charge in [0.25, 0.3) is 0 Å². The van der Waals surface area contributed by atoms with Crippen molar-refractivity contribution in [3.05, 3.63) is 35.5 Å². The lowest BCUT2D eigenvalue weighted by Crippen LogP contribution is -2.33. The molecule has 6 nitrogen and oxygen atoms in total. The average Bonchev–Trinajstić information content (AvgIpc) is 3.12. The summed E-state index contributed by atoms with van der Waals surface area (Å²) >= 11 is 1.58. The molecule has 3 rings (SSSR count). The Hall–Kier alpha value is -1.99. The van der Waals surface area contributed by atoms with Crippen molar-refractivity contribution < 1.29 is 19.4 Å². The maximum absolute atomic E-state index is 11.9. The molecule has 0 unspecified atom stereocenters. The lowest BCUT2D eigenvalue weighted by Gasteiger charge is -2.13. The van der Waals surface area contributed by atoms with Crippen molar-refractivity contribution in [2.24, 2.45) is 0 Å². The third-order valence-electron chi connectivity index (χ3n) is 4.21. The van der Waals surface area contributed by atoms with Gasteiger partial charge in [-0.15, -0.1) is 11.8 Å². The number of carbonyl (C=O) groups is 2. The van der Waals surface area contributed by atoms with Crippen LogP contribution in [0.25, 0.3) is 10.9 Å². The van der Waals surface area contributed by atoms with Crippen molar-refractivity contribution in [1.82, 2.24) is 9.88 Å². The second-order valence-electron chi connectivity index (χ2n) is 5.68. The van der Waals surface area contributed by atoms with Crippen LogP contribution in [-0.2, 0) is 20.9 Å². The Morgan fingerprint density at radius 2 is 2.17 bits per heavy atom. The maximum Gasteiger partial charge on any atom is 0.325 e. The van der Waals surface area contributed by atoms with Gasteiger partial charge in [0.2, 0.25) is 0 Å². The molecule has 1 fully saturated rings. The van der Waals surface area contributed by atoms with E-state index >= 15 is 0 Å². The van der Waals surface area contributed by atoms with Crippen LogP contribution in [0.2, 0.25) is 0 Å². The molecule has 128 valence electrons. The SMILES string of the molecule is CCOC(=O)Cn1c(C)c([C@@H]2N[C@@H](C(=O)O)CS2)c2ccccc21. The van der Waals surface area contributed by atoms with Gasteiger partial charge in [0.15, 0.2) is 0 Å². The van der Waals surface area contributed by atoms with Crippen molar-refractivity contribution in [3.8, 4) is 0 Å². The highest BCUT2D eigenvalue weighted by Gasteiger charge is 2.33. The summed E-state index contributed by atoms with van der Waals surface area (Å²) in [5.74, 6) is -0.585. The standard InChI is InChI=1S/C17H20N2O4S/c1-3-23-14(20)8-19-10(2)15(11-6-4-5-7-13(11)19)16-18-12(9-24-16)17(21)22/h4-7,12,16,18H,3,8-9H2,1-2H3,(H,21,22)/t12-,16-/m1/s1. The van der Waals surface area contributed by atoms with Crippen molar-refractivity contribution in [3.63, 3.8) is 0 Å². The Balaban J connectivity index is 2.01. The number of carboxylic acid groups (broad SMARTS) is 1. The van der Waals surface area contributed by atoms with Gasteiger partial charge in [-0.3, -0.25) is 14.9 Å². The van der Waals surface area contributed by atoms with Gasteiger partial charge in [-0.05, 0) is 19.9 Å². The lowest BCUT2D eigenvalue weighted by molar-refractivity contribution is -0.143. The first-order valence-corrected chi connectivity index (χ1v) is 8.91. The van der Waals surface area contributed by atoms with Crippen LogP contribution in [0.1, 0.15) is 23.6 Å². The van der Waals surface area contributed by atoms with E-state index in [0.717, 1.165) is 22.2 Å². The van der Waals surface area contributed by atoms with Gasteiger partial charge < -0.3 is 14.4 Å². The summed E-state index contributed by atoms with van der Waals surface area (Å²) in [5, 5.41) is 13.3. The number of rotatable bonds is 5. The molecule has 1 saturated heterocycles. The Bertz CT molecular complexity index is 786. The Morgan fingerprint density at radius 3 is 2.83 bits per heavy atom. The van der Waals surface area contributed by atoms with Gasteiger partial charge in [-0.2, -0.15) is 0 Å². The van der Waals surface area contributed by atoms with Crippen LogP contribution in [0.4, 0.5) is 0 Å². The maximum atomic E-state index is 11.9. The van der Waals surface area contributed by atoms with E-state index in [1.54, 1.807) is 18.7 Å². The smallest absolute Gasteiger partial charge is 0.325 e. The number of aromatic nitrogens is 1. The Labute approximate surface area is 144 Å². The molecule has 2 aromatic rings. The van der Waals surface area contributed by atoms with Crippen molar-refractivity contribution in [2.45, 2.75) is 31.8 Å². The molecule has 1 aliphatic rings. The summed E-state index contributed by atoms with van der Waals surface area (Å²) in [7, 11) is 0. The van der Waals surface area contributed by atoms with E-state index in [2.05, 4.69) is 5.32 Å². The molecule has 0 bridgehead atoms. The molecule has 24 heavy (non-hydrogen) atoms. The zero-order valence-electron chi connectivity index (χ0n) is 13.6. The van der Waals surface area contributed by atoms with Gasteiger partial charge in [0, 0.05) is 27.9 Å². The summed E-state index contributed by atoms with van der Waals surface area (Å²) in [4.78, 5) is 23.1. The number of thioether (sulfide) groups is 1. The zero-order valence-corrected chi connectivity index (χ0v) is 14.4. The predicted octanol–water partition coefficient (Wildman–Crippen LogP) is 2.30. The quantitative estimate of drug-likeness (QED) is 0.807. The highest BCUT2D eigenvalue weighted by Crippen LogP contribution is 2.40. The minimum atomic E-state index is -0.835. The van der Waals surface area contributed by atoms with Crippen LogP contribution in [0, 0.1) is 6.92 Å². The molecule has 0 spiro atoms. The first kappa shape index (κ1) is 16.9. The fourth-order valence-electron chi connectivity index (χ4n) is 3.11. The molecule has 0 aliphatic carbocycles. The Morgan fingerprint density at radius 1 is 1.42 bits per heavy atom. The largest absolute Gasteiger partial charge is 0.480 e. The molecular formula is C17H20N2O4S. The molecule has 2 N–H and O–H groups in total. The summed E-state index contributed by atoms with van der Waals surface area (Å²) in [6.45, 7) is 4.25. The molecule has 0 amide bonds. The Kier molecular flexibility index (Phi) is 4.82. The fourth-order valence-corrected chi connectivity index (χ4v) is 4.46. The van der Waals surface area contributed by atoms with E-state index in [-0.39, 0.29) is 17.9 Å². The first-order chi connectivity index (χ1) is 11.5. The van der Waals surface area contributed by atoms with Crippen LogP contribution < -0.4 is 5.32 Å². The number of carboxylic acids is 1. The second kappa shape index (κ2) is 6.86. The lowest BCUT2D eigenvalue weighted by atomic mass is 10.1. The molecule has 1 aliphatic heterocycles. The number of aliphatic carboxylic acids is 1. The minimum Gasteiger partial charge on any atom is -0.480 e. The summed E-state index contributed by atoms with van der Waals surface area (Å²) < 4.78 is 7.02. The molecule has 0 saturated carbocycles. The third-order valence-corrected chi connectivity index (χ3v) is 5.45. The van der Waals surface area contributed by atoms with Gasteiger partial charge in [-0.25, -0.2) is 0 Å². The summed E-state index contributed by atoms with van der Waals surface area (Å²) in [6, 6.07) is 7.32. The number of para-hydroxylation sites is 1. The number of nitrogens with zero attached hydrogens (tertiary/aromatic N) is 1. The average molecular weight is 348 g/mol. The molecular weight excluding hydrogens is 328 g/mol. The second-order valence-corrected chi connectivity index (χ2v) is 6.82. The molecule has 1 aromatic carbocycles. The molecule has 2 heterocycles. The van der Waals surface area contributed by atoms with Crippen LogP contribution in [0.3, 0.4) is 0 Å². The van der Waals surface area contributed by atoms with Crippen molar-refractivity contribution in [2.75, 3.05) is 12.4 Å². The fraction of sp³-hybridized carbons (Fsp3) is 0.412. The molecule has 2 atom stereocenters. The van der Waals surface area contributed by atoms with E-state index < -0.39 is 12.0 Å². The van der Waals surface area contributed by atoms with Crippen LogP contribution in [0.15, 0.2) is 24.3 Å². The monoisotopic (exact) mass is 348 g/mol. The third kappa shape index (κ3) is 3.01. The molecule has 0 radical (unpaired) electrons. The van der Waals surface area contributed by atoms with Crippen LogP contribution >= 0.6 is 11.8 Å². The zero-order chi connectivity index (χ0) is 17.3. The number of ether oxygens (including phenoxy) is 1. The minimum absolute atomic E-state index is 0.0977. The normalized spacial score (nSPS) is 20.4. The van der Waals surface area contributed by atoms with Gasteiger partial charge >= 0.3 is 11.9 Å². The molecule has 1 aromatic heterocycles. The number of carbonyl (C=O) groups excluding carboxylic acids is 1. The van der Waals surface area contributed by atoms with Crippen molar-refractivity contribution in [1.29, 1.82) is 0 Å². The van der Waals surface area contributed by atoms with Gasteiger partial charge in [0.1, 0.15) is 12.6 Å². The van der Waals surface area contributed by atoms with Gasteiger partial charge in [-0.1, -0.05) is 18.2 Å². The number of benzene rings is 1. The summed E-state index contributed by atoms with van der Waals surface area (Å²) in [5.41, 5.74) is 2.96. The van der Waals surface area contributed by atoms with E-state index in [1.807, 2.05) is 35.8 Å². The highest BCUT2D eigenvalue weighted by atomic mass is 32.2. The summed E-state index contributed by atoms with van der Waals surface area (Å²) in [6.07, 6.45) is 0. The van der Waals surface area contributed by atoms with Crippen LogP contribution in [0.5, 0.6) is 0 Å². The number of nitrogens with one attached hydrogen (secondary N) is 1. The number of hydrogen-bond acceptors (Lipinski definition) is 5. The van der Waals surface area contributed by atoms with E-state index in [4.69, 9.17) is 4.74 Å². The molecule has 7 heteroatoms. The van der Waals surface area contributed by atoms with Gasteiger partial charge in [0.05, 0.1) is 12.0 Å². The topological polar surface area (TPSA) is 80.6 Å². The highest BCUT2D eigenvalue weighted by molar-refractivity contribution is 7.99. The van der Waals surface area contributed by atoms with Crippen LogP contribution in [-0.4, -0.2) is 40.0 Å². The number of hydrogen-bond donors (Lipinski definition) is 2. The number of fused-ring (bicyclic) bond motifs is 1. The number of esters is 1. The first-order valence-electron chi connectivity index (χ1n) is 7.86. The predicted molar refractivity (Wildman–Crippen MR) is 93.1 cm³/mol. The van der Waals surface area contributed by atoms with E-state index in [1.165, 1.54) is 0 Å².